The van der Waals surface area contributed by atoms with Crippen LogP contribution in [0.25, 0.3) is 0 Å². The van der Waals surface area contributed by atoms with Gasteiger partial charge in [-0.2, -0.15) is 5.26 Å². The lowest BCUT2D eigenvalue weighted by Crippen LogP contribution is -2.36. The topological polar surface area (TPSA) is 87.9 Å². The molecule has 1 atom stereocenters. The number of hydrogen-bond acceptors (Lipinski definition) is 6. The maximum absolute atomic E-state index is 11.5. The molecule has 1 aromatic heterocycles. The van der Waals surface area contributed by atoms with E-state index < -0.39 is 12.0 Å². The average Bonchev–Trinajstić information content (AvgIpc) is 2.35. The molecular weight excluding hydrogens is 220 g/mol. The van der Waals surface area contributed by atoms with E-state index in [2.05, 4.69) is 20.0 Å². The van der Waals surface area contributed by atoms with Gasteiger partial charge in [-0.25, -0.2) is 14.8 Å². The van der Waals surface area contributed by atoms with Gasteiger partial charge < -0.3 is 10.1 Å². The molecule has 17 heavy (non-hydrogen) atoms. The van der Waals surface area contributed by atoms with E-state index in [0.717, 1.165) is 0 Å². The first kappa shape index (κ1) is 12.9. The molecule has 1 N–H and O–H groups in total. The number of rotatable bonds is 4. The van der Waals surface area contributed by atoms with Crippen molar-refractivity contribution in [2.75, 3.05) is 12.4 Å². The molecule has 6 heteroatoms. The molecule has 1 unspecified atom stereocenters. The molecule has 0 saturated heterocycles. The van der Waals surface area contributed by atoms with Gasteiger partial charge in [-0.1, -0.05) is 13.8 Å². The van der Waals surface area contributed by atoms with Crippen molar-refractivity contribution in [2.45, 2.75) is 19.9 Å². The van der Waals surface area contributed by atoms with Crippen LogP contribution in [-0.4, -0.2) is 29.1 Å². The number of esters is 1. The highest BCUT2D eigenvalue weighted by Gasteiger charge is 2.24. The van der Waals surface area contributed by atoms with Crippen molar-refractivity contribution in [2.24, 2.45) is 5.92 Å². The number of anilines is 1. The monoisotopic (exact) mass is 234 g/mol. The number of hydrogen-bond donors (Lipinski definition) is 1. The zero-order valence-corrected chi connectivity index (χ0v) is 9.97. The molecule has 0 spiro atoms. The molecule has 1 rings (SSSR count). The van der Waals surface area contributed by atoms with Crippen molar-refractivity contribution in [3.63, 3.8) is 0 Å². The summed E-state index contributed by atoms with van der Waals surface area (Å²) in [6.45, 7) is 3.74. The van der Waals surface area contributed by atoms with E-state index in [9.17, 15) is 4.79 Å². The fourth-order valence-electron chi connectivity index (χ4n) is 1.30. The lowest BCUT2D eigenvalue weighted by atomic mass is 10.0. The molecule has 90 valence electrons. The lowest BCUT2D eigenvalue weighted by molar-refractivity contribution is -0.142. The molecule has 6 nitrogen and oxygen atoms in total. The Morgan fingerprint density at radius 2 is 2.12 bits per heavy atom. The van der Waals surface area contributed by atoms with Gasteiger partial charge in [0.05, 0.1) is 7.11 Å². The molecule has 0 amide bonds. The van der Waals surface area contributed by atoms with Crippen LogP contribution in [0.15, 0.2) is 12.4 Å². The number of ether oxygens (including phenoxy) is 1. The summed E-state index contributed by atoms with van der Waals surface area (Å²) in [6, 6.07) is 1.36. The van der Waals surface area contributed by atoms with Gasteiger partial charge >= 0.3 is 5.97 Å². The number of carbonyl (C=O) groups excluding carboxylic acids is 1. The number of nitriles is 1. The second-order valence-electron chi connectivity index (χ2n) is 3.75. The van der Waals surface area contributed by atoms with Crippen molar-refractivity contribution >= 4 is 11.8 Å². The highest BCUT2D eigenvalue weighted by molar-refractivity contribution is 5.79. The van der Waals surface area contributed by atoms with Crippen molar-refractivity contribution in [1.29, 1.82) is 5.26 Å². The SMILES string of the molecule is COC(=O)C(Nc1nccnc1C#N)C(C)C. The molecule has 0 aliphatic rings. The number of methoxy groups -OCH3 is 1. The van der Waals surface area contributed by atoms with Crippen molar-refractivity contribution in [1.82, 2.24) is 9.97 Å². The largest absolute Gasteiger partial charge is 0.467 e. The van der Waals surface area contributed by atoms with Gasteiger partial charge in [0, 0.05) is 12.4 Å². The van der Waals surface area contributed by atoms with E-state index in [4.69, 9.17) is 5.26 Å². The Kier molecular flexibility index (Phi) is 4.40. The molecule has 0 radical (unpaired) electrons. The van der Waals surface area contributed by atoms with E-state index in [1.165, 1.54) is 19.5 Å². The third-order valence-electron chi connectivity index (χ3n) is 2.22. The van der Waals surface area contributed by atoms with E-state index >= 15 is 0 Å². The van der Waals surface area contributed by atoms with Crippen LogP contribution in [0.2, 0.25) is 0 Å². The molecule has 0 aliphatic carbocycles. The zero-order chi connectivity index (χ0) is 12.8. The lowest BCUT2D eigenvalue weighted by Gasteiger charge is -2.20. The minimum absolute atomic E-state index is 0.0102. The number of carbonyl (C=O) groups is 1. The summed E-state index contributed by atoms with van der Waals surface area (Å²) >= 11 is 0. The summed E-state index contributed by atoms with van der Waals surface area (Å²) in [5.41, 5.74) is 0.155. The number of nitrogens with one attached hydrogen (secondary N) is 1. The van der Waals surface area contributed by atoms with Crippen LogP contribution in [0, 0.1) is 17.2 Å². The summed E-state index contributed by atoms with van der Waals surface area (Å²) in [5, 5.41) is 11.7. The molecule has 0 fully saturated rings. The molecule has 0 bridgehead atoms. The van der Waals surface area contributed by atoms with Gasteiger partial charge in [-0.15, -0.1) is 0 Å². The van der Waals surface area contributed by atoms with Gasteiger partial charge in [-0.05, 0) is 5.92 Å². The highest BCUT2D eigenvalue weighted by atomic mass is 16.5. The zero-order valence-electron chi connectivity index (χ0n) is 9.97. The van der Waals surface area contributed by atoms with Crippen LogP contribution in [-0.2, 0) is 9.53 Å². The maximum Gasteiger partial charge on any atom is 0.328 e. The van der Waals surface area contributed by atoms with Crippen LogP contribution in [0.1, 0.15) is 19.5 Å². The summed E-state index contributed by atoms with van der Waals surface area (Å²) in [4.78, 5) is 19.4. The fourth-order valence-corrected chi connectivity index (χ4v) is 1.30. The molecule has 0 saturated carbocycles. The molecule has 1 aromatic rings. The van der Waals surface area contributed by atoms with Crippen LogP contribution in [0.3, 0.4) is 0 Å². The Morgan fingerprint density at radius 1 is 1.47 bits per heavy atom. The smallest absolute Gasteiger partial charge is 0.328 e. The second kappa shape index (κ2) is 5.80. The summed E-state index contributed by atoms with van der Waals surface area (Å²) in [7, 11) is 1.32. The first-order valence-electron chi connectivity index (χ1n) is 5.15. The third-order valence-corrected chi connectivity index (χ3v) is 2.22. The molecule has 0 aromatic carbocycles. The summed E-state index contributed by atoms with van der Waals surface area (Å²) in [6.07, 6.45) is 2.88. The van der Waals surface area contributed by atoms with Crippen LogP contribution >= 0.6 is 0 Å². The standard InChI is InChI=1S/C11H14N4O2/c1-7(2)9(11(16)17-3)15-10-8(6-12)13-4-5-14-10/h4-5,7,9H,1-3H3,(H,14,15). The minimum Gasteiger partial charge on any atom is -0.467 e. The van der Waals surface area contributed by atoms with Gasteiger partial charge in [0.1, 0.15) is 12.1 Å². The first-order chi connectivity index (χ1) is 8.10. The first-order valence-corrected chi connectivity index (χ1v) is 5.15. The Bertz CT molecular complexity index is 439. The molecular formula is C11H14N4O2. The molecule has 1 heterocycles. The summed E-state index contributed by atoms with van der Waals surface area (Å²) < 4.78 is 4.69. The third kappa shape index (κ3) is 3.14. The quantitative estimate of drug-likeness (QED) is 0.780. The normalized spacial score (nSPS) is 11.7. The number of nitrogens with zero attached hydrogens (tertiary/aromatic N) is 3. The average molecular weight is 234 g/mol. The van der Waals surface area contributed by atoms with Crippen molar-refractivity contribution in [3.05, 3.63) is 18.1 Å². The Morgan fingerprint density at radius 3 is 2.65 bits per heavy atom. The fraction of sp³-hybridized carbons (Fsp3) is 0.455. The second-order valence-corrected chi connectivity index (χ2v) is 3.75. The van der Waals surface area contributed by atoms with Crippen LogP contribution in [0.5, 0.6) is 0 Å². The van der Waals surface area contributed by atoms with Crippen LogP contribution < -0.4 is 5.32 Å². The van der Waals surface area contributed by atoms with Gasteiger partial charge in [0.15, 0.2) is 11.5 Å². The van der Waals surface area contributed by atoms with Crippen LogP contribution in [0.4, 0.5) is 5.82 Å². The van der Waals surface area contributed by atoms with E-state index in [1.54, 1.807) is 0 Å². The van der Waals surface area contributed by atoms with E-state index in [1.807, 2.05) is 19.9 Å². The molecule has 0 aliphatic heterocycles. The van der Waals surface area contributed by atoms with Gasteiger partial charge in [-0.3, -0.25) is 0 Å². The number of aromatic nitrogens is 2. The highest BCUT2D eigenvalue weighted by Crippen LogP contribution is 2.13. The summed E-state index contributed by atoms with van der Waals surface area (Å²) in [5.74, 6) is -0.0929. The Hall–Kier alpha value is -2.16. The van der Waals surface area contributed by atoms with E-state index in [-0.39, 0.29) is 11.6 Å². The van der Waals surface area contributed by atoms with Gasteiger partial charge in [0.2, 0.25) is 0 Å². The van der Waals surface area contributed by atoms with Crippen molar-refractivity contribution < 1.29 is 9.53 Å². The minimum atomic E-state index is -0.552. The van der Waals surface area contributed by atoms with Gasteiger partial charge in [0.25, 0.3) is 0 Å². The van der Waals surface area contributed by atoms with E-state index in [0.29, 0.717) is 5.82 Å². The maximum atomic E-state index is 11.5. The predicted octanol–water partition coefficient (Wildman–Crippen LogP) is 0.958. The predicted molar refractivity (Wildman–Crippen MR) is 61.0 cm³/mol. The Balaban J connectivity index is 2.94. The Labute approximate surface area is 99.6 Å². The van der Waals surface area contributed by atoms with Crippen molar-refractivity contribution in [3.8, 4) is 6.07 Å².